The molecule has 10 heteroatoms. The van der Waals surface area contributed by atoms with Crippen molar-refractivity contribution in [3.05, 3.63) is 99.6 Å². The second-order valence-electron chi connectivity index (χ2n) is 7.44. The maximum atomic E-state index is 13.6. The fourth-order valence-electron chi connectivity index (χ4n) is 3.61. The summed E-state index contributed by atoms with van der Waals surface area (Å²) in [6.45, 7) is 3.19. The topological polar surface area (TPSA) is 51.2 Å². The molecule has 0 heterocycles. The molecule has 1 radical (unpaired) electrons. The van der Waals surface area contributed by atoms with E-state index in [1.807, 2.05) is 0 Å². The molecule has 3 nitrogen and oxygen atoms in total. The molecule has 3 rings (SSSR count). The largest absolute Gasteiger partial charge is 0.417 e. The minimum absolute atomic E-state index is 0.109. The Morgan fingerprint density at radius 3 is 1.65 bits per heavy atom. The van der Waals surface area contributed by atoms with Crippen molar-refractivity contribution in [2.45, 2.75) is 26.2 Å². The SMILES string of the molecule is Cc1cccc(C)c1C(=O)[P](=O)c1ccccc1C(=O)c1c(C(F)(F)F)cccc1C(F)(F)F. The molecule has 3 aromatic carbocycles. The smallest absolute Gasteiger partial charge is 0.289 e. The molecule has 0 spiro atoms. The van der Waals surface area contributed by atoms with E-state index in [-0.39, 0.29) is 5.56 Å². The predicted octanol–water partition coefficient (Wildman–Crippen LogP) is 6.87. The summed E-state index contributed by atoms with van der Waals surface area (Å²) in [5, 5.41) is -0.444. The van der Waals surface area contributed by atoms with Crippen molar-refractivity contribution in [3.8, 4) is 0 Å². The molecule has 1 unspecified atom stereocenters. The first-order chi connectivity index (χ1) is 15.7. The van der Waals surface area contributed by atoms with Crippen LogP contribution in [0, 0.1) is 13.8 Å². The van der Waals surface area contributed by atoms with Crippen LogP contribution in [0.4, 0.5) is 26.3 Å². The fourth-order valence-corrected chi connectivity index (χ4v) is 5.00. The number of hydrogen-bond donors (Lipinski definition) is 0. The van der Waals surface area contributed by atoms with Crippen molar-refractivity contribution >= 4 is 24.4 Å². The van der Waals surface area contributed by atoms with Gasteiger partial charge in [-0.25, -0.2) is 0 Å². The monoisotopic (exact) mass is 497 g/mol. The Hall–Kier alpha value is -3.32. The van der Waals surface area contributed by atoms with Crippen LogP contribution >= 0.6 is 7.80 Å². The Morgan fingerprint density at radius 1 is 0.676 bits per heavy atom. The second-order valence-corrected chi connectivity index (χ2v) is 8.91. The van der Waals surface area contributed by atoms with Gasteiger partial charge in [0.25, 0.3) is 0 Å². The number of carbonyl (C=O) groups excluding carboxylic acids is 2. The molecule has 0 aliphatic heterocycles. The summed E-state index contributed by atoms with van der Waals surface area (Å²) < 4.78 is 94.5. The van der Waals surface area contributed by atoms with Crippen LogP contribution in [0.1, 0.15) is 48.5 Å². The van der Waals surface area contributed by atoms with Gasteiger partial charge in [0.2, 0.25) is 5.52 Å². The zero-order valence-electron chi connectivity index (χ0n) is 17.7. The van der Waals surface area contributed by atoms with Gasteiger partial charge in [-0.15, -0.1) is 0 Å². The van der Waals surface area contributed by atoms with Crippen molar-refractivity contribution in [2.24, 2.45) is 0 Å². The number of hydrogen-bond acceptors (Lipinski definition) is 3. The van der Waals surface area contributed by atoms with Crippen LogP contribution in [-0.2, 0) is 16.9 Å². The first-order valence-electron chi connectivity index (χ1n) is 9.74. The van der Waals surface area contributed by atoms with Crippen LogP contribution in [-0.4, -0.2) is 11.3 Å². The zero-order valence-corrected chi connectivity index (χ0v) is 18.6. The minimum Gasteiger partial charge on any atom is -0.289 e. The third kappa shape index (κ3) is 4.80. The van der Waals surface area contributed by atoms with E-state index >= 15 is 0 Å². The van der Waals surface area contributed by atoms with Crippen LogP contribution < -0.4 is 5.30 Å². The lowest BCUT2D eigenvalue weighted by atomic mass is 9.92. The number of carbonyl (C=O) groups is 2. The number of benzene rings is 3. The van der Waals surface area contributed by atoms with Crippen LogP contribution in [0.25, 0.3) is 0 Å². The molecule has 0 aliphatic rings. The molecule has 0 aromatic heterocycles. The maximum Gasteiger partial charge on any atom is 0.417 e. The van der Waals surface area contributed by atoms with Crippen LogP contribution in [0.3, 0.4) is 0 Å². The van der Waals surface area contributed by atoms with Crippen molar-refractivity contribution in [2.75, 3.05) is 0 Å². The number of halogens is 6. The van der Waals surface area contributed by atoms with Gasteiger partial charge in [-0.2, -0.15) is 26.3 Å². The lowest BCUT2D eigenvalue weighted by Crippen LogP contribution is -2.23. The van der Waals surface area contributed by atoms with Gasteiger partial charge in [0.1, 0.15) is 0 Å². The minimum atomic E-state index is -5.27. The van der Waals surface area contributed by atoms with E-state index in [1.54, 1.807) is 32.0 Å². The number of aryl methyl sites for hydroxylation is 2. The normalized spacial score (nSPS) is 12.4. The van der Waals surface area contributed by atoms with Gasteiger partial charge < -0.3 is 0 Å². The number of alkyl halides is 6. The Labute approximate surface area is 191 Å². The van der Waals surface area contributed by atoms with Crippen molar-refractivity contribution in [3.63, 3.8) is 0 Å². The summed E-state index contributed by atoms with van der Waals surface area (Å²) in [5.74, 6) is -1.63. The molecular weight excluding hydrogens is 481 g/mol. The summed E-state index contributed by atoms with van der Waals surface area (Å²) >= 11 is 0. The van der Waals surface area contributed by atoms with E-state index in [9.17, 15) is 40.5 Å². The summed E-state index contributed by atoms with van der Waals surface area (Å²) in [6.07, 6.45) is -10.5. The standard InChI is InChI=1S/C24H16F6O3P/c1-13-7-5-8-14(2)19(13)22(32)34(33)18-12-4-3-9-15(18)21(31)20-16(23(25,26)27)10-6-11-17(20)24(28,29)30/h3-12H,1-2H3. The average Bonchev–Trinajstić information content (AvgIpc) is 2.76. The van der Waals surface area contributed by atoms with Crippen LogP contribution in [0.15, 0.2) is 60.7 Å². The Balaban J connectivity index is 2.21. The van der Waals surface area contributed by atoms with Gasteiger partial charge in [0, 0.05) is 16.7 Å². The summed E-state index contributed by atoms with van der Waals surface area (Å²) in [4.78, 5) is 26.2. The molecule has 34 heavy (non-hydrogen) atoms. The lowest BCUT2D eigenvalue weighted by Gasteiger charge is -2.18. The van der Waals surface area contributed by atoms with Crippen molar-refractivity contribution in [1.82, 2.24) is 0 Å². The number of ketones is 1. The highest BCUT2D eigenvalue weighted by Crippen LogP contribution is 2.41. The van der Waals surface area contributed by atoms with E-state index in [0.29, 0.717) is 29.3 Å². The molecule has 0 aliphatic carbocycles. The van der Waals surface area contributed by atoms with E-state index in [0.717, 1.165) is 12.1 Å². The maximum absolute atomic E-state index is 13.6. The van der Waals surface area contributed by atoms with Crippen LogP contribution in [0.2, 0.25) is 0 Å². The Morgan fingerprint density at radius 2 is 1.15 bits per heavy atom. The highest BCUT2D eigenvalue weighted by Gasteiger charge is 2.43. The average molecular weight is 497 g/mol. The predicted molar refractivity (Wildman–Crippen MR) is 114 cm³/mol. The molecule has 0 N–H and O–H groups in total. The molecule has 0 fully saturated rings. The van der Waals surface area contributed by atoms with E-state index in [1.165, 1.54) is 12.1 Å². The molecule has 0 saturated carbocycles. The van der Waals surface area contributed by atoms with Crippen molar-refractivity contribution < 1.29 is 40.5 Å². The molecule has 0 amide bonds. The molecule has 1 atom stereocenters. The summed E-state index contributed by atoms with van der Waals surface area (Å²) in [7, 11) is -3.04. The molecule has 0 saturated heterocycles. The van der Waals surface area contributed by atoms with E-state index < -0.39 is 59.0 Å². The molecule has 3 aromatic rings. The lowest BCUT2D eigenvalue weighted by molar-refractivity contribution is -0.143. The fraction of sp³-hybridized carbons (Fsp3) is 0.167. The second kappa shape index (κ2) is 9.14. The third-order valence-corrected chi connectivity index (χ3v) is 6.57. The van der Waals surface area contributed by atoms with Gasteiger partial charge in [0.15, 0.2) is 13.6 Å². The van der Waals surface area contributed by atoms with E-state index in [2.05, 4.69) is 0 Å². The highest BCUT2D eigenvalue weighted by atomic mass is 31.1. The molecule has 0 bridgehead atoms. The molecular formula is C24H16F6O3P. The van der Waals surface area contributed by atoms with Gasteiger partial charge in [-0.1, -0.05) is 36.4 Å². The first kappa shape index (κ1) is 25.3. The Kier molecular flexibility index (Phi) is 6.80. The van der Waals surface area contributed by atoms with Gasteiger partial charge >= 0.3 is 12.4 Å². The van der Waals surface area contributed by atoms with Gasteiger partial charge in [-0.05, 0) is 49.2 Å². The van der Waals surface area contributed by atoms with Gasteiger partial charge in [0.05, 0.1) is 16.4 Å². The van der Waals surface area contributed by atoms with Crippen LogP contribution in [0.5, 0.6) is 0 Å². The molecule has 177 valence electrons. The summed E-state index contributed by atoms with van der Waals surface area (Å²) in [5.41, 5.74) is -5.65. The number of rotatable bonds is 5. The summed E-state index contributed by atoms with van der Waals surface area (Å²) in [6, 6.07) is 10.7. The third-order valence-electron chi connectivity index (χ3n) is 5.15. The highest BCUT2D eigenvalue weighted by molar-refractivity contribution is 7.71. The van der Waals surface area contributed by atoms with Crippen molar-refractivity contribution in [1.29, 1.82) is 0 Å². The first-order valence-corrected chi connectivity index (χ1v) is 11.0. The van der Waals surface area contributed by atoms with Gasteiger partial charge in [-0.3, -0.25) is 14.2 Å². The van der Waals surface area contributed by atoms with E-state index in [4.69, 9.17) is 0 Å². The zero-order chi connectivity index (χ0) is 25.4. The quantitative estimate of drug-likeness (QED) is 0.220. The Bertz CT molecular complexity index is 1260.